The summed E-state index contributed by atoms with van der Waals surface area (Å²) in [5.74, 6) is 0. The lowest BCUT2D eigenvalue weighted by atomic mass is 10.2. The Bertz CT molecular complexity index is 549. The molecule has 2 aromatic rings. The second kappa shape index (κ2) is 4.66. The Morgan fingerprint density at radius 2 is 2.18 bits per heavy atom. The number of halogens is 2. The molecule has 17 heavy (non-hydrogen) atoms. The van der Waals surface area contributed by atoms with Gasteiger partial charge in [0.2, 0.25) is 0 Å². The van der Waals surface area contributed by atoms with E-state index in [0.29, 0.717) is 0 Å². The van der Waals surface area contributed by atoms with Gasteiger partial charge >= 0.3 is 0 Å². The molecule has 0 amide bonds. The van der Waals surface area contributed by atoms with Gasteiger partial charge in [0.15, 0.2) is 6.23 Å². The lowest BCUT2D eigenvalue weighted by molar-refractivity contribution is -0.0368. The number of fused-ring (bicyclic) bond motifs is 1. The van der Waals surface area contributed by atoms with Crippen molar-refractivity contribution in [2.45, 2.75) is 25.5 Å². The molecule has 3 heterocycles. The quantitative estimate of drug-likeness (QED) is 0.728. The Morgan fingerprint density at radius 1 is 1.29 bits per heavy atom. The molecule has 4 nitrogen and oxygen atoms in total. The maximum absolute atomic E-state index is 5.77. The van der Waals surface area contributed by atoms with Crippen molar-refractivity contribution in [2.24, 2.45) is 0 Å². The number of rotatable bonds is 1. The first kappa shape index (κ1) is 11.6. The number of hydrogen-bond donors (Lipinski definition) is 0. The summed E-state index contributed by atoms with van der Waals surface area (Å²) in [7, 11) is 0. The van der Waals surface area contributed by atoms with Gasteiger partial charge in [-0.2, -0.15) is 5.10 Å². The van der Waals surface area contributed by atoms with Crippen molar-refractivity contribution in [3.8, 4) is 0 Å². The van der Waals surface area contributed by atoms with Gasteiger partial charge < -0.3 is 4.74 Å². The van der Waals surface area contributed by atoms with Gasteiger partial charge in [0, 0.05) is 12.8 Å². The Hall–Kier alpha value is -0.460. The van der Waals surface area contributed by atoms with Gasteiger partial charge in [0.1, 0.15) is 9.21 Å². The van der Waals surface area contributed by atoms with Crippen molar-refractivity contribution in [3.63, 3.8) is 0 Å². The molecule has 1 aliphatic heterocycles. The zero-order valence-corrected chi connectivity index (χ0v) is 12.2. The van der Waals surface area contributed by atoms with Crippen molar-refractivity contribution in [1.82, 2.24) is 14.8 Å². The third-order valence-electron chi connectivity index (χ3n) is 2.96. The SMILES string of the molecule is Brc1nccc2c1c(Br)nn2C1CCCCO1. The molecule has 1 aliphatic rings. The predicted octanol–water partition coefficient (Wildman–Crippen LogP) is 3.66. The van der Waals surface area contributed by atoms with Crippen LogP contribution in [0.5, 0.6) is 0 Å². The number of nitrogens with zero attached hydrogens (tertiary/aromatic N) is 3. The van der Waals surface area contributed by atoms with E-state index < -0.39 is 0 Å². The molecule has 6 heteroatoms. The maximum atomic E-state index is 5.77. The maximum Gasteiger partial charge on any atom is 0.150 e. The van der Waals surface area contributed by atoms with Gasteiger partial charge in [0.25, 0.3) is 0 Å². The van der Waals surface area contributed by atoms with Gasteiger partial charge in [-0.1, -0.05) is 0 Å². The monoisotopic (exact) mass is 359 g/mol. The first-order valence-electron chi connectivity index (χ1n) is 5.57. The first-order valence-corrected chi connectivity index (χ1v) is 7.16. The molecule has 1 atom stereocenters. The highest BCUT2D eigenvalue weighted by atomic mass is 79.9. The Balaban J connectivity index is 2.13. The fraction of sp³-hybridized carbons (Fsp3) is 0.455. The molecule has 0 spiro atoms. The largest absolute Gasteiger partial charge is 0.356 e. The van der Waals surface area contributed by atoms with Crippen molar-refractivity contribution in [2.75, 3.05) is 6.61 Å². The van der Waals surface area contributed by atoms with Crippen molar-refractivity contribution < 1.29 is 4.74 Å². The number of ether oxygens (including phenoxy) is 1. The van der Waals surface area contributed by atoms with Crippen molar-refractivity contribution in [1.29, 1.82) is 0 Å². The van der Waals surface area contributed by atoms with E-state index in [4.69, 9.17) is 4.74 Å². The molecule has 3 rings (SSSR count). The standard InChI is InChI=1S/C11H11Br2N3O/c12-10-9-7(4-5-14-10)16(15-11(9)13)8-3-1-2-6-17-8/h4-5,8H,1-3,6H2. The summed E-state index contributed by atoms with van der Waals surface area (Å²) in [6.45, 7) is 0.815. The second-order valence-electron chi connectivity index (χ2n) is 4.05. The minimum atomic E-state index is 0.0480. The fourth-order valence-electron chi connectivity index (χ4n) is 2.14. The van der Waals surface area contributed by atoms with Gasteiger partial charge in [-0.3, -0.25) is 0 Å². The summed E-state index contributed by atoms with van der Waals surface area (Å²) < 4.78 is 9.33. The minimum Gasteiger partial charge on any atom is -0.356 e. The Kier molecular flexibility index (Phi) is 3.19. The molecule has 1 fully saturated rings. The summed E-state index contributed by atoms with van der Waals surface area (Å²) in [5.41, 5.74) is 1.05. The van der Waals surface area contributed by atoms with E-state index in [1.165, 1.54) is 6.42 Å². The molecule has 0 bridgehead atoms. The molecule has 1 unspecified atom stereocenters. The van der Waals surface area contributed by atoms with Crippen molar-refractivity contribution >= 4 is 42.8 Å². The van der Waals surface area contributed by atoms with Gasteiger partial charge in [-0.15, -0.1) is 0 Å². The van der Waals surface area contributed by atoms with Crippen LogP contribution >= 0.6 is 31.9 Å². The van der Waals surface area contributed by atoms with Gasteiger partial charge in [-0.25, -0.2) is 9.67 Å². The molecule has 0 aliphatic carbocycles. The van der Waals surface area contributed by atoms with Gasteiger partial charge in [-0.05, 0) is 57.2 Å². The molecular weight excluding hydrogens is 350 g/mol. The van der Waals surface area contributed by atoms with E-state index in [2.05, 4.69) is 41.9 Å². The summed E-state index contributed by atoms with van der Waals surface area (Å²) >= 11 is 6.93. The van der Waals surface area contributed by atoms with Crippen LogP contribution in [0.2, 0.25) is 0 Å². The summed E-state index contributed by atoms with van der Waals surface area (Å²) in [4.78, 5) is 4.22. The second-order valence-corrected chi connectivity index (χ2v) is 5.55. The van der Waals surface area contributed by atoms with Crippen LogP contribution < -0.4 is 0 Å². The molecule has 1 saturated heterocycles. The molecule has 0 aromatic carbocycles. The van der Waals surface area contributed by atoms with E-state index in [9.17, 15) is 0 Å². The topological polar surface area (TPSA) is 39.9 Å². The Morgan fingerprint density at radius 3 is 2.94 bits per heavy atom. The normalized spacial score (nSPS) is 20.9. The number of aromatic nitrogens is 3. The van der Waals surface area contributed by atoms with Crippen LogP contribution in [-0.4, -0.2) is 21.4 Å². The third kappa shape index (κ3) is 2.02. The van der Waals surface area contributed by atoms with E-state index >= 15 is 0 Å². The van der Waals surface area contributed by atoms with E-state index in [1.54, 1.807) is 6.20 Å². The zero-order chi connectivity index (χ0) is 11.8. The molecule has 2 aromatic heterocycles. The lowest BCUT2D eigenvalue weighted by Crippen LogP contribution is -2.19. The third-order valence-corrected chi connectivity index (χ3v) is 4.12. The summed E-state index contributed by atoms with van der Waals surface area (Å²) in [6, 6.07) is 1.97. The van der Waals surface area contributed by atoms with Crippen LogP contribution in [0, 0.1) is 0 Å². The number of hydrogen-bond acceptors (Lipinski definition) is 3. The zero-order valence-electron chi connectivity index (χ0n) is 9.07. The lowest BCUT2D eigenvalue weighted by Gasteiger charge is -2.23. The van der Waals surface area contributed by atoms with Crippen LogP contribution in [0.4, 0.5) is 0 Å². The van der Waals surface area contributed by atoms with E-state index in [1.807, 2.05) is 10.7 Å². The highest BCUT2D eigenvalue weighted by Gasteiger charge is 2.21. The van der Waals surface area contributed by atoms with Crippen LogP contribution in [0.15, 0.2) is 21.5 Å². The fourth-order valence-corrected chi connectivity index (χ4v) is 3.48. The molecule has 0 radical (unpaired) electrons. The average Bonchev–Trinajstić information content (AvgIpc) is 2.69. The Labute approximate surface area is 116 Å². The van der Waals surface area contributed by atoms with E-state index in [-0.39, 0.29) is 6.23 Å². The molecular formula is C11H11Br2N3O. The highest BCUT2D eigenvalue weighted by molar-refractivity contribution is 9.11. The van der Waals surface area contributed by atoms with Crippen LogP contribution in [0.3, 0.4) is 0 Å². The van der Waals surface area contributed by atoms with Gasteiger partial charge in [0.05, 0.1) is 10.9 Å². The van der Waals surface area contributed by atoms with Crippen LogP contribution in [0.25, 0.3) is 10.9 Å². The first-order chi connectivity index (χ1) is 8.27. The molecule has 0 saturated carbocycles. The predicted molar refractivity (Wildman–Crippen MR) is 71.8 cm³/mol. The van der Waals surface area contributed by atoms with Crippen LogP contribution in [-0.2, 0) is 4.74 Å². The average molecular weight is 361 g/mol. The minimum absolute atomic E-state index is 0.0480. The molecule has 0 N–H and O–H groups in total. The highest BCUT2D eigenvalue weighted by Crippen LogP contribution is 2.33. The number of pyridine rings is 1. The van der Waals surface area contributed by atoms with Crippen molar-refractivity contribution in [3.05, 3.63) is 21.5 Å². The molecule has 90 valence electrons. The van der Waals surface area contributed by atoms with Crippen LogP contribution in [0.1, 0.15) is 25.5 Å². The summed E-state index contributed by atoms with van der Waals surface area (Å²) in [5, 5.41) is 5.51. The van der Waals surface area contributed by atoms with E-state index in [0.717, 1.165) is 39.6 Å². The summed E-state index contributed by atoms with van der Waals surface area (Å²) in [6.07, 6.45) is 5.17. The smallest absolute Gasteiger partial charge is 0.150 e.